The number of amides is 1. The average Bonchev–Trinajstić information content (AvgIpc) is 3.22. The number of Topliss-reactive ketones (excluding diaryl/α,β-unsaturated/α-hetero) is 1. The number of carbonyl (C=O) groups excluding carboxylic acids is 2. The second-order valence-electron chi connectivity index (χ2n) is 5.57. The van der Waals surface area contributed by atoms with Gasteiger partial charge < -0.3 is 14.9 Å². The number of aromatic nitrogens is 3. The first-order chi connectivity index (χ1) is 11.6. The fraction of sp³-hybridized carbons (Fsp3) is 0.167. The fourth-order valence-corrected chi connectivity index (χ4v) is 2.54. The normalized spacial score (nSPS) is 11.9. The number of rotatable bonds is 5. The third-order valence-corrected chi connectivity index (χ3v) is 3.86. The quantitative estimate of drug-likeness (QED) is 0.708. The van der Waals surface area contributed by atoms with Gasteiger partial charge in [0.05, 0.1) is 0 Å². The van der Waals surface area contributed by atoms with E-state index in [2.05, 4.69) is 15.3 Å². The van der Waals surface area contributed by atoms with E-state index in [9.17, 15) is 9.59 Å². The van der Waals surface area contributed by atoms with Gasteiger partial charge in [-0.1, -0.05) is 30.3 Å². The fourth-order valence-electron chi connectivity index (χ4n) is 2.54. The molecule has 0 bridgehead atoms. The zero-order valence-electron chi connectivity index (χ0n) is 13.5. The number of nitrogens with zero attached hydrogens (tertiary/aromatic N) is 2. The van der Waals surface area contributed by atoms with Crippen LogP contribution in [0.25, 0.3) is 0 Å². The number of ketones is 1. The Morgan fingerprint density at radius 1 is 1.25 bits per heavy atom. The molecule has 2 heterocycles. The highest BCUT2D eigenvalue weighted by molar-refractivity contribution is 5.99. The van der Waals surface area contributed by atoms with Crippen LogP contribution in [0.4, 0.5) is 0 Å². The Kier molecular flexibility index (Phi) is 4.29. The van der Waals surface area contributed by atoms with Crippen molar-refractivity contribution < 1.29 is 9.59 Å². The number of H-pyrrole nitrogens is 1. The molecule has 0 radical (unpaired) electrons. The standard InChI is InChI=1S/C18H18N4O2/c1-12(23)14-10-15(20-11-14)18(24)21-16(13-6-4-3-5-7-13)17-19-8-9-22(17)2/h3-11,16,20H,1-2H3,(H,21,24)/t16-/m1/s1. The summed E-state index contributed by atoms with van der Waals surface area (Å²) in [5.74, 6) is 0.348. The maximum Gasteiger partial charge on any atom is 0.268 e. The summed E-state index contributed by atoms with van der Waals surface area (Å²) >= 11 is 0. The Bertz CT molecular complexity index is 864. The SMILES string of the molecule is CC(=O)c1c[nH]c(C(=O)N[C@H](c2ccccc2)c2nccn2C)c1. The molecule has 1 amide bonds. The molecule has 6 nitrogen and oxygen atoms in total. The van der Waals surface area contributed by atoms with Crippen LogP contribution in [0.2, 0.25) is 0 Å². The maximum absolute atomic E-state index is 12.6. The number of aryl methyl sites for hydroxylation is 1. The second kappa shape index (κ2) is 6.54. The molecule has 0 unspecified atom stereocenters. The molecule has 122 valence electrons. The van der Waals surface area contributed by atoms with E-state index in [1.807, 2.05) is 48.1 Å². The molecule has 24 heavy (non-hydrogen) atoms. The van der Waals surface area contributed by atoms with E-state index in [0.717, 1.165) is 11.4 Å². The minimum absolute atomic E-state index is 0.0889. The van der Waals surface area contributed by atoms with Crippen LogP contribution < -0.4 is 5.32 Å². The largest absolute Gasteiger partial charge is 0.356 e. The molecule has 0 aliphatic rings. The molecule has 3 rings (SSSR count). The van der Waals surface area contributed by atoms with Gasteiger partial charge in [0.1, 0.15) is 17.6 Å². The molecule has 1 atom stereocenters. The molecular weight excluding hydrogens is 304 g/mol. The summed E-state index contributed by atoms with van der Waals surface area (Å²) < 4.78 is 1.87. The van der Waals surface area contributed by atoms with Crippen molar-refractivity contribution in [3.8, 4) is 0 Å². The van der Waals surface area contributed by atoms with Crippen LogP contribution in [0.3, 0.4) is 0 Å². The molecule has 6 heteroatoms. The Morgan fingerprint density at radius 3 is 2.58 bits per heavy atom. The van der Waals surface area contributed by atoms with Gasteiger partial charge in [0.2, 0.25) is 0 Å². The molecule has 0 aliphatic heterocycles. The van der Waals surface area contributed by atoms with Crippen LogP contribution in [-0.2, 0) is 7.05 Å². The van der Waals surface area contributed by atoms with Crippen molar-refractivity contribution in [1.82, 2.24) is 19.9 Å². The van der Waals surface area contributed by atoms with E-state index in [0.29, 0.717) is 11.3 Å². The van der Waals surface area contributed by atoms with E-state index < -0.39 is 0 Å². The van der Waals surface area contributed by atoms with Crippen molar-refractivity contribution in [3.63, 3.8) is 0 Å². The Morgan fingerprint density at radius 2 is 2.00 bits per heavy atom. The van der Waals surface area contributed by atoms with Gasteiger partial charge >= 0.3 is 0 Å². The molecule has 0 saturated heterocycles. The number of imidazole rings is 1. The average molecular weight is 322 g/mol. The summed E-state index contributed by atoms with van der Waals surface area (Å²) in [5, 5.41) is 2.98. The van der Waals surface area contributed by atoms with Crippen LogP contribution >= 0.6 is 0 Å². The zero-order chi connectivity index (χ0) is 17.1. The summed E-state index contributed by atoms with van der Waals surface area (Å²) in [7, 11) is 1.88. The van der Waals surface area contributed by atoms with Crippen LogP contribution in [0, 0.1) is 0 Å². The number of nitrogens with one attached hydrogen (secondary N) is 2. The van der Waals surface area contributed by atoms with Crippen molar-refractivity contribution >= 4 is 11.7 Å². The van der Waals surface area contributed by atoms with Gasteiger partial charge in [-0.3, -0.25) is 9.59 Å². The lowest BCUT2D eigenvalue weighted by molar-refractivity contribution is 0.0936. The van der Waals surface area contributed by atoms with Gasteiger partial charge in [0.15, 0.2) is 5.78 Å². The van der Waals surface area contributed by atoms with Crippen molar-refractivity contribution in [2.75, 3.05) is 0 Å². The minimum Gasteiger partial charge on any atom is -0.356 e. The van der Waals surface area contributed by atoms with Crippen molar-refractivity contribution in [2.24, 2.45) is 7.05 Å². The van der Waals surface area contributed by atoms with Crippen molar-refractivity contribution in [3.05, 3.63) is 77.6 Å². The third-order valence-electron chi connectivity index (χ3n) is 3.86. The van der Waals surface area contributed by atoms with Gasteiger partial charge in [-0.05, 0) is 18.6 Å². The zero-order valence-corrected chi connectivity index (χ0v) is 13.5. The summed E-state index contributed by atoms with van der Waals surface area (Å²) in [6.45, 7) is 1.46. The minimum atomic E-state index is -0.386. The van der Waals surface area contributed by atoms with Crippen molar-refractivity contribution in [1.29, 1.82) is 0 Å². The lowest BCUT2D eigenvalue weighted by atomic mass is 10.1. The highest BCUT2D eigenvalue weighted by Crippen LogP contribution is 2.20. The van der Waals surface area contributed by atoms with E-state index in [4.69, 9.17) is 0 Å². The topological polar surface area (TPSA) is 79.8 Å². The molecule has 0 spiro atoms. The number of benzene rings is 1. The van der Waals surface area contributed by atoms with Gasteiger partial charge in [-0.2, -0.15) is 0 Å². The number of aromatic amines is 1. The van der Waals surface area contributed by atoms with Crippen molar-refractivity contribution in [2.45, 2.75) is 13.0 Å². The van der Waals surface area contributed by atoms with Gasteiger partial charge in [-0.15, -0.1) is 0 Å². The molecular formula is C18H18N4O2. The summed E-state index contributed by atoms with van der Waals surface area (Å²) in [6.07, 6.45) is 5.06. The molecule has 2 N–H and O–H groups in total. The molecule has 0 saturated carbocycles. The van der Waals surface area contributed by atoms with E-state index >= 15 is 0 Å². The predicted molar refractivity (Wildman–Crippen MR) is 89.8 cm³/mol. The maximum atomic E-state index is 12.6. The second-order valence-corrected chi connectivity index (χ2v) is 5.57. The highest BCUT2D eigenvalue weighted by atomic mass is 16.2. The predicted octanol–water partition coefficient (Wildman–Crippen LogP) is 2.47. The summed E-state index contributed by atoms with van der Waals surface area (Å²) in [6, 6.07) is 10.8. The lowest BCUT2D eigenvalue weighted by Crippen LogP contribution is -2.31. The monoisotopic (exact) mass is 322 g/mol. The molecule has 1 aromatic carbocycles. The molecule has 3 aromatic rings. The molecule has 0 aliphatic carbocycles. The first-order valence-corrected chi connectivity index (χ1v) is 7.58. The van der Waals surface area contributed by atoms with Crippen LogP contribution in [0.15, 0.2) is 55.0 Å². The van der Waals surface area contributed by atoms with E-state index in [1.165, 1.54) is 13.1 Å². The smallest absolute Gasteiger partial charge is 0.268 e. The van der Waals surface area contributed by atoms with Gasteiger partial charge in [0, 0.05) is 31.2 Å². The first-order valence-electron chi connectivity index (χ1n) is 7.58. The number of hydrogen-bond acceptors (Lipinski definition) is 3. The van der Waals surface area contributed by atoms with E-state index in [1.54, 1.807) is 12.3 Å². The highest BCUT2D eigenvalue weighted by Gasteiger charge is 2.22. The first kappa shape index (κ1) is 15.7. The Hall–Kier alpha value is -3.15. The lowest BCUT2D eigenvalue weighted by Gasteiger charge is -2.18. The van der Waals surface area contributed by atoms with Crippen LogP contribution in [0.1, 0.15) is 45.2 Å². The third kappa shape index (κ3) is 3.12. The summed E-state index contributed by atoms with van der Waals surface area (Å²) in [5.41, 5.74) is 1.75. The summed E-state index contributed by atoms with van der Waals surface area (Å²) in [4.78, 5) is 31.2. The Balaban J connectivity index is 1.90. The number of carbonyl (C=O) groups is 2. The van der Waals surface area contributed by atoms with Gasteiger partial charge in [0.25, 0.3) is 5.91 Å². The van der Waals surface area contributed by atoms with E-state index in [-0.39, 0.29) is 17.7 Å². The van der Waals surface area contributed by atoms with Crippen LogP contribution in [-0.4, -0.2) is 26.2 Å². The molecule has 2 aromatic heterocycles. The van der Waals surface area contributed by atoms with Crippen LogP contribution in [0.5, 0.6) is 0 Å². The molecule has 0 fully saturated rings. The number of hydrogen-bond donors (Lipinski definition) is 2. The van der Waals surface area contributed by atoms with Gasteiger partial charge in [-0.25, -0.2) is 4.98 Å². The Labute approximate surface area is 139 Å².